The molecular weight excluding hydrogens is 188 g/mol. The molecule has 4 nitrogen and oxygen atoms in total. The third-order valence-corrected chi connectivity index (χ3v) is 1.97. The SMILES string of the molecule is C#CC(CC)Nc1ccnc(N(C)C)n1. The molecule has 15 heavy (non-hydrogen) atoms. The van der Waals surface area contributed by atoms with Crippen molar-refractivity contribution in [3.05, 3.63) is 12.3 Å². The van der Waals surface area contributed by atoms with Gasteiger partial charge in [-0.25, -0.2) is 4.98 Å². The first-order chi connectivity index (χ1) is 7.17. The van der Waals surface area contributed by atoms with Crippen LogP contribution in [0.4, 0.5) is 11.8 Å². The molecule has 0 aliphatic rings. The monoisotopic (exact) mass is 204 g/mol. The molecule has 0 amide bonds. The van der Waals surface area contributed by atoms with Crippen LogP contribution in [0.2, 0.25) is 0 Å². The number of hydrogen-bond acceptors (Lipinski definition) is 4. The second-order valence-electron chi connectivity index (χ2n) is 3.41. The van der Waals surface area contributed by atoms with Gasteiger partial charge < -0.3 is 10.2 Å². The van der Waals surface area contributed by atoms with Crippen LogP contribution < -0.4 is 10.2 Å². The second kappa shape index (κ2) is 5.20. The summed E-state index contributed by atoms with van der Waals surface area (Å²) in [5, 5.41) is 3.16. The molecule has 0 aliphatic carbocycles. The van der Waals surface area contributed by atoms with Crippen molar-refractivity contribution in [2.24, 2.45) is 0 Å². The Bertz CT molecular complexity index is 354. The summed E-state index contributed by atoms with van der Waals surface area (Å²) < 4.78 is 0. The van der Waals surface area contributed by atoms with Crippen LogP contribution in [-0.2, 0) is 0 Å². The van der Waals surface area contributed by atoms with Gasteiger partial charge in [-0.2, -0.15) is 4.98 Å². The first-order valence-electron chi connectivity index (χ1n) is 4.90. The van der Waals surface area contributed by atoms with E-state index in [1.165, 1.54) is 0 Å². The van der Waals surface area contributed by atoms with E-state index in [4.69, 9.17) is 6.42 Å². The van der Waals surface area contributed by atoms with Crippen molar-refractivity contribution in [2.75, 3.05) is 24.3 Å². The van der Waals surface area contributed by atoms with E-state index in [2.05, 4.69) is 21.2 Å². The van der Waals surface area contributed by atoms with E-state index < -0.39 is 0 Å². The number of nitrogens with one attached hydrogen (secondary N) is 1. The quantitative estimate of drug-likeness (QED) is 0.752. The minimum atomic E-state index is 0.0231. The molecule has 1 aromatic rings. The van der Waals surface area contributed by atoms with Gasteiger partial charge in [0.1, 0.15) is 5.82 Å². The smallest absolute Gasteiger partial charge is 0.226 e. The van der Waals surface area contributed by atoms with Gasteiger partial charge in [0.2, 0.25) is 5.95 Å². The highest BCUT2D eigenvalue weighted by atomic mass is 15.2. The highest BCUT2D eigenvalue weighted by Crippen LogP contribution is 2.09. The highest BCUT2D eigenvalue weighted by Gasteiger charge is 2.04. The summed E-state index contributed by atoms with van der Waals surface area (Å²) in [6.07, 6.45) is 7.95. The van der Waals surface area contributed by atoms with Crippen LogP contribution in [0, 0.1) is 12.3 Å². The van der Waals surface area contributed by atoms with Crippen LogP contribution in [0.25, 0.3) is 0 Å². The van der Waals surface area contributed by atoms with Crippen molar-refractivity contribution >= 4 is 11.8 Å². The number of rotatable bonds is 4. The standard InChI is InChI=1S/C11H16N4/c1-5-9(6-2)13-10-7-8-12-11(14-10)15(3)4/h1,7-9H,6H2,2-4H3,(H,12,13,14). The summed E-state index contributed by atoms with van der Waals surface area (Å²) in [6, 6.07) is 1.84. The predicted octanol–water partition coefficient (Wildman–Crippen LogP) is 1.37. The van der Waals surface area contributed by atoms with Gasteiger partial charge in [0.25, 0.3) is 0 Å². The van der Waals surface area contributed by atoms with Gasteiger partial charge in [0, 0.05) is 20.3 Å². The second-order valence-corrected chi connectivity index (χ2v) is 3.41. The number of nitrogens with zero attached hydrogens (tertiary/aromatic N) is 3. The Hall–Kier alpha value is -1.76. The lowest BCUT2D eigenvalue weighted by molar-refractivity contribution is 0.847. The van der Waals surface area contributed by atoms with Crippen molar-refractivity contribution in [3.8, 4) is 12.3 Å². The maximum absolute atomic E-state index is 5.36. The van der Waals surface area contributed by atoms with Crippen molar-refractivity contribution in [1.82, 2.24) is 9.97 Å². The summed E-state index contributed by atoms with van der Waals surface area (Å²) in [6.45, 7) is 2.03. The van der Waals surface area contributed by atoms with Crippen LogP contribution in [0.3, 0.4) is 0 Å². The van der Waals surface area contributed by atoms with Crippen molar-refractivity contribution in [1.29, 1.82) is 0 Å². The van der Waals surface area contributed by atoms with Crippen molar-refractivity contribution in [3.63, 3.8) is 0 Å². The van der Waals surface area contributed by atoms with Crippen LogP contribution in [0.15, 0.2) is 12.3 Å². The van der Waals surface area contributed by atoms with Gasteiger partial charge in [-0.15, -0.1) is 6.42 Å². The lowest BCUT2D eigenvalue weighted by Crippen LogP contribution is -2.18. The number of aromatic nitrogens is 2. The topological polar surface area (TPSA) is 41.1 Å². The lowest BCUT2D eigenvalue weighted by Gasteiger charge is -2.14. The summed E-state index contributed by atoms with van der Waals surface area (Å²) in [5.74, 6) is 4.10. The van der Waals surface area contributed by atoms with E-state index in [0.29, 0.717) is 5.95 Å². The molecule has 1 unspecified atom stereocenters. The third kappa shape index (κ3) is 3.13. The first kappa shape index (κ1) is 11.3. The van der Waals surface area contributed by atoms with Gasteiger partial charge in [0.05, 0.1) is 6.04 Å². The molecule has 4 heteroatoms. The molecular formula is C11H16N4. The van der Waals surface area contributed by atoms with E-state index in [9.17, 15) is 0 Å². The Kier molecular flexibility index (Phi) is 3.92. The number of terminal acetylenes is 1. The number of hydrogen-bond donors (Lipinski definition) is 1. The molecule has 0 radical (unpaired) electrons. The van der Waals surface area contributed by atoms with E-state index in [1.54, 1.807) is 6.20 Å². The Morgan fingerprint density at radius 1 is 1.60 bits per heavy atom. The Labute approximate surface area is 90.7 Å². The summed E-state index contributed by atoms with van der Waals surface area (Å²) in [4.78, 5) is 10.3. The van der Waals surface area contributed by atoms with Gasteiger partial charge in [0.15, 0.2) is 0 Å². The average molecular weight is 204 g/mol. The molecule has 1 heterocycles. The highest BCUT2D eigenvalue weighted by molar-refractivity contribution is 5.42. The third-order valence-electron chi connectivity index (χ3n) is 1.97. The Morgan fingerprint density at radius 3 is 2.87 bits per heavy atom. The largest absolute Gasteiger partial charge is 0.356 e. The molecule has 0 saturated heterocycles. The summed E-state index contributed by atoms with van der Waals surface area (Å²) in [5.41, 5.74) is 0. The van der Waals surface area contributed by atoms with E-state index >= 15 is 0 Å². The van der Waals surface area contributed by atoms with E-state index in [-0.39, 0.29) is 6.04 Å². The van der Waals surface area contributed by atoms with E-state index in [1.807, 2.05) is 32.0 Å². The molecule has 1 atom stereocenters. The molecule has 0 fully saturated rings. The van der Waals surface area contributed by atoms with Gasteiger partial charge >= 0.3 is 0 Å². The molecule has 0 spiro atoms. The fourth-order valence-corrected chi connectivity index (χ4v) is 1.08. The lowest BCUT2D eigenvalue weighted by atomic mass is 10.2. The summed E-state index contributed by atoms with van der Waals surface area (Å²) >= 11 is 0. The Balaban J connectivity index is 2.78. The Morgan fingerprint density at radius 2 is 2.33 bits per heavy atom. The van der Waals surface area contributed by atoms with Crippen LogP contribution in [-0.4, -0.2) is 30.1 Å². The normalized spacial score (nSPS) is 11.6. The first-order valence-corrected chi connectivity index (χ1v) is 4.90. The molecule has 1 aromatic heterocycles. The van der Waals surface area contributed by atoms with Crippen LogP contribution in [0.5, 0.6) is 0 Å². The number of anilines is 2. The summed E-state index contributed by atoms with van der Waals surface area (Å²) in [7, 11) is 3.80. The fraction of sp³-hybridized carbons (Fsp3) is 0.455. The van der Waals surface area contributed by atoms with Gasteiger partial charge in [-0.05, 0) is 12.5 Å². The maximum atomic E-state index is 5.36. The molecule has 0 bridgehead atoms. The van der Waals surface area contributed by atoms with E-state index in [0.717, 1.165) is 12.2 Å². The zero-order valence-corrected chi connectivity index (χ0v) is 9.36. The molecule has 80 valence electrons. The molecule has 0 aromatic carbocycles. The van der Waals surface area contributed by atoms with Gasteiger partial charge in [-0.3, -0.25) is 0 Å². The minimum Gasteiger partial charge on any atom is -0.356 e. The molecule has 0 aliphatic heterocycles. The molecule has 1 rings (SSSR count). The van der Waals surface area contributed by atoms with Crippen LogP contribution >= 0.6 is 0 Å². The van der Waals surface area contributed by atoms with Crippen molar-refractivity contribution in [2.45, 2.75) is 19.4 Å². The molecule has 1 N–H and O–H groups in total. The molecule has 0 saturated carbocycles. The van der Waals surface area contributed by atoms with Crippen molar-refractivity contribution < 1.29 is 0 Å². The van der Waals surface area contributed by atoms with Crippen LogP contribution in [0.1, 0.15) is 13.3 Å². The predicted molar refractivity (Wildman–Crippen MR) is 62.9 cm³/mol. The maximum Gasteiger partial charge on any atom is 0.226 e. The zero-order chi connectivity index (χ0) is 11.3. The van der Waals surface area contributed by atoms with Gasteiger partial charge in [-0.1, -0.05) is 12.8 Å². The minimum absolute atomic E-state index is 0.0231. The fourth-order valence-electron chi connectivity index (χ4n) is 1.08. The zero-order valence-electron chi connectivity index (χ0n) is 9.36. The average Bonchev–Trinajstić information content (AvgIpc) is 2.26.